The van der Waals surface area contributed by atoms with Crippen LogP contribution in [-0.2, 0) is 23.2 Å². The number of carbonyl (C=O) groups excluding carboxylic acids is 2. The molecular formula is C26H22N2O5. The van der Waals surface area contributed by atoms with Gasteiger partial charge in [-0.3, -0.25) is 4.79 Å². The molecule has 0 saturated carbocycles. The van der Waals surface area contributed by atoms with E-state index in [1.807, 2.05) is 60.3 Å². The number of esters is 1. The van der Waals surface area contributed by atoms with E-state index in [-0.39, 0.29) is 13.4 Å². The molecule has 2 heterocycles. The largest absolute Gasteiger partial charge is 0.457 e. The van der Waals surface area contributed by atoms with Crippen molar-refractivity contribution in [1.82, 2.24) is 4.57 Å². The number of hydrogen-bond acceptors (Lipinski definition) is 5. The Kier molecular flexibility index (Phi) is 5.22. The second-order valence-electron chi connectivity index (χ2n) is 7.94. The topological polar surface area (TPSA) is 92.8 Å². The first-order valence-corrected chi connectivity index (χ1v) is 10.5. The van der Waals surface area contributed by atoms with Crippen molar-refractivity contribution in [3.63, 3.8) is 0 Å². The second kappa shape index (κ2) is 8.35. The smallest absolute Gasteiger partial charge is 0.338 e. The van der Waals surface area contributed by atoms with E-state index in [0.717, 1.165) is 22.0 Å². The van der Waals surface area contributed by atoms with E-state index in [1.54, 1.807) is 24.3 Å². The molecule has 1 amide bonds. The summed E-state index contributed by atoms with van der Waals surface area (Å²) in [5, 5.41) is 0.832. The zero-order valence-corrected chi connectivity index (χ0v) is 18.0. The van der Waals surface area contributed by atoms with Gasteiger partial charge in [-0.2, -0.15) is 0 Å². The van der Waals surface area contributed by atoms with Gasteiger partial charge in [-0.05, 0) is 41.0 Å². The van der Waals surface area contributed by atoms with Crippen molar-refractivity contribution in [3.05, 3.63) is 95.2 Å². The predicted octanol–water partition coefficient (Wildman–Crippen LogP) is 3.88. The molecule has 5 rings (SSSR count). The van der Waals surface area contributed by atoms with Crippen LogP contribution in [0.3, 0.4) is 0 Å². The van der Waals surface area contributed by atoms with Crippen molar-refractivity contribution < 1.29 is 23.8 Å². The van der Waals surface area contributed by atoms with Crippen LogP contribution in [0.2, 0.25) is 0 Å². The number of amides is 1. The summed E-state index contributed by atoms with van der Waals surface area (Å²) in [5.41, 5.74) is 9.44. The highest BCUT2D eigenvalue weighted by Gasteiger charge is 2.27. The molecule has 1 aliphatic rings. The Hall–Kier alpha value is -4.26. The first-order valence-electron chi connectivity index (χ1n) is 10.5. The van der Waals surface area contributed by atoms with Gasteiger partial charge < -0.3 is 24.5 Å². The molecular weight excluding hydrogens is 420 g/mol. The highest BCUT2D eigenvalue weighted by atomic mass is 16.7. The molecule has 4 aromatic rings. The maximum Gasteiger partial charge on any atom is 0.338 e. The minimum absolute atomic E-state index is 0.150. The van der Waals surface area contributed by atoms with Gasteiger partial charge in [0.25, 0.3) is 0 Å². The van der Waals surface area contributed by atoms with Crippen molar-refractivity contribution in [2.24, 2.45) is 12.8 Å². The number of rotatable bonds is 6. The van der Waals surface area contributed by atoms with E-state index in [1.165, 1.54) is 0 Å². The molecule has 1 aliphatic heterocycles. The fourth-order valence-corrected chi connectivity index (χ4v) is 4.17. The number of ether oxygens (including phenoxy) is 3. The molecule has 1 atom stereocenters. The van der Waals surface area contributed by atoms with Gasteiger partial charge in [-0.1, -0.05) is 42.5 Å². The zero-order chi connectivity index (χ0) is 22.9. The predicted molar refractivity (Wildman–Crippen MR) is 122 cm³/mol. The summed E-state index contributed by atoms with van der Waals surface area (Å²) < 4.78 is 18.2. The summed E-state index contributed by atoms with van der Waals surface area (Å²) >= 11 is 0. The van der Waals surface area contributed by atoms with E-state index >= 15 is 0 Å². The van der Waals surface area contributed by atoms with Crippen LogP contribution in [0.25, 0.3) is 10.9 Å². The van der Waals surface area contributed by atoms with Crippen molar-refractivity contribution >= 4 is 22.8 Å². The standard InChI is InChI=1S/C26H22N2O5/c1-28-13-20(24(25(27)29)17-8-10-22-23(12-17)33-15-32-22)19-9-7-18(11-21(19)28)26(30)31-14-16-5-3-2-4-6-16/h2-13,24H,14-15H2,1H3,(H2,27,29)/t24-/m0/s1. The molecule has 2 N–H and O–H groups in total. The van der Waals surface area contributed by atoms with Crippen LogP contribution in [0.5, 0.6) is 11.5 Å². The average Bonchev–Trinajstić information content (AvgIpc) is 3.42. The van der Waals surface area contributed by atoms with Crippen LogP contribution in [0, 0.1) is 0 Å². The Morgan fingerprint density at radius 1 is 1.03 bits per heavy atom. The Balaban J connectivity index is 1.46. The molecule has 3 aromatic carbocycles. The number of hydrogen-bond donors (Lipinski definition) is 1. The van der Waals surface area contributed by atoms with Crippen LogP contribution < -0.4 is 15.2 Å². The highest BCUT2D eigenvalue weighted by Crippen LogP contribution is 2.38. The molecule has 0 fully saturated rings. The highest BCUT2D eigenvalue weighted by molar-refractivity contribution is 5.98. The number of nitrogens with zero attached hydrogens (tertiary/aromatic N) is 1. The molecule has 33 heavy (non-hydrogen) atoms. The quantitative estimate of drug-likeness (QED) is 0.458. The van der Waals surface area contributed by atoms with E-state index in [4.69, 9.17) is 19.9 Å². The van der Waals surface area contributed by atoms with Crippen molar-refractivity contribution in [2.75, 3.05) is 6.79 Å². The van der Waals surface area contributed by atoms with Gasteiger partial charge >= 0.3 is 5.97 Å². The van der Waals surface area contributed by atoms with Gasteiger partial charge in [0.2, 0.25) is 12.7 Å². The number of primary amides is 1. The molecule has 0 radical (unpaired) electrons. The molecule has 0 spiro atoms. The van der Waals surface area contributed by atoms with Gasteiger partial charge in [-0.25, -0.2) is 4.79 Å². The third kappa shape index (κ3) is 3.89. The first kappa shape index (κ1) is 20.6. The molecule has 166 valence electrons. The molecule has 0 saturated heterocycles. The van der Waals surface area contributed by atoms with Crippen molar-refractivity contribution in [1.29, 1.82) is 0 Å². The van der Waals surface area contributed by atoms with Gasteiger partial charge in [0.15, 0.2) is 11.5 Å². The van der Waals surface area contributed by atoms with E-state index in [2.05, 4.69) is 0 Å². The minimum Gasteiger partial charge on any atom is -0.457 e. The van der Waals surface area contributed by atoms with Crippen molar-refractivity contribution in [3.8, 4) is 11.5 Å². The Morgan fingerprint density at radius 2 is 1.82 bits per heavy atom. The lowest BCUT2D eigenvalue weighted by Crippen LogP contribution is -2.22. The SMILES string of the molecule is Cn1cc([C@@H](C(N)=O)c2ccc3c(c2)OCO3)c2ccc(C(=O)OCc3ccccc3)cc21. The summed E-state index contributed by atoms with van der Waals surface area (Å²) in [6.45, 7) is 0.349. The van der Waals surface area contributed by atoms with Gasteiger partial charge in [-0.15, -0.1) is 0 Å². The molecule has 1 aromatic heterocycles. The maximum absolute atomic E-state index is 12.6. The third-order valence-corrected chi connectivity index (χ3v) is 5.80. The molecule has 0 bridgehead atoms. The van der Waals surface area contributed by atoms with E-state index in [0.29, 0.717) is 22.6 Å². The Morgan fingerprint density at radius 3 is 2.61 bits per heavy atom. The fourth-order valence-electron chi connectivity index (χ4n) is 4.17. The summed E-state index contributed by atoms with van der Waals surface area (Å²) in [5.74, 6) is -0.349. The number of aryl methyl sites for hydroxylation is 1. The number of fused-ring (bicyclic) bond motifs is 2. The number of benzene rings is 3. The molecule has 0 unspecified atom stereocenters. The van der Waals surface area contributed by atoms with Crippen LogP contribution in [0.1, 0.15) is 33.0 Å². The van der Waals surface area contributed by atoms with Crippen molar-refractivity contribution in [2.45, 2.75) is 12.5 Å². The monoisotopic (exact) mass is 442 g/mol. The third-order valence-electron chi connectivity index (χ3n) is 5.80. The first-order chi connectivity index (χ1) is 16.0. The fraction of sp³-hybridized carbons (Fsp3) is 0.154. The van der Waals surface area contributed by atoms with Gasteiger partial charge in [0.1, 0.15) is 6.61 Å². The van der Waals surface area contributed by atoms with Gasteiger partial charge in [0, 0.05) is 24.1 Å². The maximum atomic E-state index is 12.6. The zero-order valence-electron chi connectivity index (χ0n) is 18.0. The van der Waals surface area contributed by atoms with Crippen LogP contribution >= 0.6 is 0 Å². The lowest BCUT2D eigenvalue weighted by Gasteiger charge is -2.14. The number of aromatic nitrogens is 1. The second-order valence-corrected chi connectivity index (χ2v) is 7.94. The summed E-state index contributed by atoms with van der Waals surface area (Å²) in [7, 11) is 1.86. The summed E-state index contributed by atoms with van der Waals surface area (Å²) in [6.07, 6.45) is 1.86. The Bertz CT molecular complexity index is 1360. The number of carbonyl (C=O) groups is 2. The molecule has 0 aliphatic carbocycles. The normalized spacial score (nSPS) is 13.1. The van der Waals surface area contributed by atoms with E-state index in [9.17, 15) is 9.59 Å². The lowest BCUT2D eigenvalue weighted by atomic mass is 9.90. The summed E-state index contributed by atoms with van der Waals surface area (Å²) in [6, 6.07) is 20.2. The van der Waals surface area contributed by atoms with Crippen LogP contribution in [-0.4, -0.2) is 23.2 Å². The lowest BCUT2D eigenvalue weighted by molar-refractivity contribution is -0.118. The minimum atomic E-state index is -0.681. The number of nitrogens with two attached hydrogens (primary N) is 1. The Labute approximate surface area is 190 Å². The summed E-state index contributed by atoms with van der Waals surface area (Å²) in [4.78, 5) is 25.1. The van der Waals surface area contributed by atoms with Gasteiger partial charge in [0.05, 0.1) is 11.5 Å². The average molecular weight is 442 g/mol. The van der Waals surface area contributed by atoms with Crippen LogP contribution in [0.4, 0.5) is 0 Å². The van der Waals surface area contributed by atoms with Crippen LogP contribution in [0.15, 0.2) is 72.9 Å². The molecule has 7 nitrogen and oxygen atoms in total. The van der Waals surface area contributed by atoms with E-state index < -0.39 is 17.8 Å². The molecule has 7 heteroatoms.